The van der Waals surface area contributed by atoms with Crippen molar-refractivity contribution >= 4 is 25.7 Å². The van der Waals surface area contributed by atoms with Gasteiger partial charge in [-0.3, -0.25) is 4.72 Å². The summed E-state index contributed by atoms with van der Waals surface area (Å²) >= 11 is 0. The summed E-state index contributed by atoms with van der Waals surface area (Å²) in [6.45, 7) is 4.07. The second-order valence-corrected chi connectivity index (χ2v) is 10.1. The zero-order valence-corrected chi connectivity index (χ0v) is 16.3. The molecule has 0 aliphatic heterocycles. The van der Waals surface area contributed by atoms with E-state index < -0.39 is 20.0 Å². The van der Waals surface area contributed by atoms with E-state index in [2.05, 4.69) is 9.44 Å². The van der Waals surface area contributed by atoms with Crippen LogP contribution in [0.4, 0.5) is 5.69 Å². The fourth-order valence-corrected chi connectivity index (χ4v) is 4.80. The maximum absolute atomic E-state index is 12.5. The fraction of sp³-hybridized carbons (Fsp3) is 0.333. The third-order valence-corrected chi connectivity index (χ3v) is 7.11. The number of benzene rings is 2. The van der Waals surface area contributed by atoms with Gasteiger partial charge in [0, 0.05) is 11.7 Å². The lowest BCUT2D eigenvalue weighted by Crippen LogP contribution is -2.25. The molecular weight excluding hydrogens is 372 g/mol. The van der Waals surface area contributed by atoms with Gasteiger partial charge in [0.25, 0.3) is 10.0 Å². The van der Waals surface area contributed by atoms with Crippen LogP contribution in [0, 0.1) is 0 Å². The SMILES string of the molecule is CC(C)c1ccc(S(=O)(=O)Nc2ccc(S(=O)(=O)NC3CC3)cc2)cc1. The third kappa shape index (κ3) is 4.44. The molecule has 1 aliphatic rings. The third-order valence-electron chi connectivity index (χ3n) is 4.17. The largest absolute Gasteiger partial charge is 0.280 e. The Kier molecular flexibility index (Phi) is 5.09. The Morgan fingerprint density at radius 1 is 0.808 bits per heavy atom. The first-order valence-corrected chi connectivity index (χ1v) is 11.4. The Balaban J connectivity index is 1.75. The van der Waals surface area contributed by atoms with E-state index >= 15 is 0 Å². The van der Waals surface area contributed by atoms with Crippen LogP contribution in [-0.4, -0.2) is 22.9 Å². The average molecular weight is 395 g/mol. The molecule has 140 valence electrons. The van der Waals surface area contributed by atoms with Gasteiger partial charge in [0.2, 0.25) is 10.0 Å². The molecule has 6 nitrogen and oxygen atoms in total. The van der Waals surface area contributed by atoms with Crippen LogP contribution in [0.2, 0.25) is 0 Å². The molecule has 0 saturated heterocycles. The van der Waals surface area contributed by atoms with E-state index in [4.69, 9.17) is 0 Å². The molecule has 1 aliphatic carbocycles. The van der Waals surface area contributed by atoms with Gasteiger partial charge in [0.1, 0.15) is 0 Å². The molecule has 3 rings (SSSR count). The fourth-order valence-electron chi connectivity index (χ4n) is 2.44. The van der Waals surface area contributed by atoms with E-state index in [1.165, 1.54) is 24.3 Å². The highest BCUT2D eigenvalue weighted by atomic mass is 32.2. The highest BCUT2D eigenvalue weighted by Crippen LogP contribution is 2.24. The first-order valence-electron chi connectivity index (χ1n) is 8.42. The second-order valence-electron chi connectivity index (χ2n) is 6.75. The van der Waals surface area contributed by atoms with Crippen LogP contribution in [0.15, 0.2) is 58.3 Å². The average Bonchev–Trinajstić information content (AvgIpc) is 3.38. The summed E-state index contributed by atoms with van der Waals surface area (Å²) in [6, 6.07) is 12.4. The number of sulfonamides is 2. The standard InChI is InChI=1S/C18H22N2O4S2/c1-13(2)14-3-9-17(10-4-14)25(21,22)20-16-7-11-18(12-8-16)26(23,24)19-15-5-6-15/h3-4,7-13,15,19-20H,5-6H2,1-2H3. The second kappa shape index (κ2) is 7.02. The van der Waals surface area contributed by atoms with Crippen LogP contribution in [-0.2, 0) is 20.0 Å². The Labute approximate surface area is 154 Å². The molecule has 1 saturated carbocycles. The van der Waals surface area contributed by atoms with Crippen LogP contribution in [0.1, 0.15) is 38.2 Å². The zero-order chi connectivity index (χ0) is 18.9. The molecule has 2 N–H and O–H groups in total. The van der Waals surface area contributed by atoms with Crippen molar-refractivity contribution < 1.29 is 16.8 Å². The normalized spacial score (nSPS) is 15.2. The lowest BCUT2D eigenvalue weighted by molar-refractivity contribution is 0.581. The van der Waals surface area contributed by atoms with Crippen LogP contribution < -0.4 is 9.44 Å². The van der Waals surface area contributed by atoms with Crippen molar-refractivity contribution in [3.05, 3.63) is 54.1 Å². The van der Waals surface area contributed by atoms with Gasteiger partial charge in [-0.05, 0) is 60.7 Å². The minimum atomic E-state index is -3.73. The van der Waals surface area contributed by atoms with Crippen LogP contribution in [0.25, 0.3) is 0 Å². The number of nitrogens with one attached hydrogen (secondary N) is 2. The van der Waals surface area contributed by atoms with Gasteiger partial charge >= 0.3 is 0 Å². The van der Waals surface area contributed by atoms with Crippen LogP contribution >= 0.6 is 0 Å². The molecule has 26 heavy (non-hydrogen) atoms. The summed E-state index contributed by atoms with van der Waals surface area (Å²) in [4.78, 5) is 0.280. The molecule has 0 atom stereocenters. The van der Waals surface area contributed by atoms with Crippen molar-refractivity contribution in [2.24, 2.45) is 0 Å². The van der Waals surface area contributed by atoms with Gasteiger partial charge < -0.3 is 0 Å². The summed E-state index contributed by atoms with van der Waals surface area (Å²) in [6.07, 6.45) is 1.71. The van der Waals surface area contributed by atoms with E-state index in [1.54, 1.807) is 24.3 Å². The van der Waals surface area contributed by atoms with E-state index in [0.717, 1.165) is 18.4 Å². The van der Waals surface area contributed by atoms with Gasteiger partial charge in [-0.2, -0.15) is 0 Å². The van der Waals surface area contributed by atoms with Gasteiger partial charge in [-0.1, -0.05) is 26.0 Å². The van der Waals surface area contributed by atoms with Crippen LogP contribution in [0.3, 0.4) is 0 Å². The number of hydrogen-bond acceptors (Lipinski definition) is 4. The molecular formula is C18H22N2O4S2. The molecule has 0 bridgehead atoms. The Hall–Kier alpha value is -1.90. The number of hydrogen-bond donors (Lipinski definition) is 2. The molecule has 0 heterocycles. The quantitative estimate of drug-likeness (QED) is 0.755. The van der Waals surface area contributed by atoms with E-state index in [-0.39, 0.29) is 15.8 Å². The van der Waals surface area contributed by atoms with Crippen molar-refractivity contribution in [1.29, 1.82) is 0 Å². The zero-order valence-electron chi connectivity index (χ0n) is 14.6. The summed E-state index contributed by atoms with van der Waals surface area (Å²) < 4.78 is 54.3. The van der Waals surface area contributed by atoms with Crippen molar-refractivity contribution in [3.63, 3.8) is 0 Å². The monoisotopic (exact) mass is 394 g/mol. The minimum absolute atomic E-state index is 0.0204. The number of anilines is 1. The minimum Gasteiger partial charge on any atom is -0.280 e. The van der Waals surface area contributed by atoms with E-state index in [1.807, 2.05) is 13.8 Å². The smallest absolute Gasteiger partial charge is 0.261 e. The highest BCUT2D eigenvalue weighted by molar-refractivity contribution is 7.92. The number of rotatable bonds is 7. The predicted molar refractivity (Wildman–Crippen MR) is 101 cm³/mol. The molecule has 0 aromatic heterocycles. The highest BCUT2D eigenvalue weighted by Gasteiger charge is 2.28. The van der Waals surface area contributed by atoms with Crippen LogP contribution in [0.5, 0.6) is 0 Å². The van der Waals surface area contributed by atoms with E-state index in [0.29, 0.717) is 11.6 Å². The molecule has 0 unspecified atom stereocenters. The lowest BCUT2D eigenvalue weighted by atomic mass is 10.0. The summed E-state index contributed by atoms with van der Waals surface area (Å²) in [5, 5.41) is 0. The molecule has 0 amide bonds. The first-order chi connectivity index (χ1) is 12.2. The van der Waals surface area contributed by atoms with Gasteiger partial charge in [-0.25, -0.2) is 21.6 Å². The Morgan fingerprint density at radius 3 is 1.81 bits per heavy atom. The topological polar surface area (TPSA) is 92.3 Å². The maximum Gasteiger partial charge on any atom is 0.261 e. The molecule has 2 aromatic rings. The van der Waals surface area contributed by atoms with Crippen molar-refractivity contribution in [2.75, 3.05) is 4.72 Å². The summed E-state index contributed by atoms with van der Waals surface area (Å²) in [7, 11) is -7.28. The van der Waals surface area contributed by atoms with Crippen molar-refractivity contribution in [2.45, 2.75) is 48.4 Å². The van der Waals surface area contributed by atoms with E-state index in [9.17, 15) is 16.8 Å². The summed E-state index contributed by atoms with van der Waals surface area (Å²) in [5.41, 5.74) is 1.37. The molecule has 2 aromatic carbocycles. The van der Waals surface area contributed by atoms with Gasteiger partial charge in [0.05, 0.1) is 9.79 Å². The Morgan fingerprint density at radius 2 is 1.31 bits per heavy atom. The first kappa shape index (κ1) is 18.9. The maximum atomic E-state index is 12.5. The van der Waals surface area contributed by atoms with Gasteiger partial charge in [0.15, 0.2) is 0 Å². The lowest BCUT2D eigenvalue weighted by Gasteiger charge is -2.11. The predicted octanol–water partition coefficient (Wildman–Crippen LogP) is 3.05. The van der Waals surface area contributed by atoms with Crippen molar-refractivity contribution in [3.8, 4) is 0 Å². The Bertz CT molecular complexity index is 976. The molecule has 0 spiro atoms. The molecule has 1 fully saturated rings. The van der Waals surface area contributed by atoms with Crippen molar-refractivity contribution in [1.82, 2.24) is 4.72 Å². The molecule has 0 radical (unpaired) electrons. The summed E-state index contributed by atoms with van der Waals surface area (Å²) in [5.74, 6) is 0.318. The molecule has 8 heteroatoms. The van der Waals surface area contributed by atoms with Gasteiger partial charge in [-0.15, -0.1) is 0 Å².